The minimum atomic E-state index is -4.57. The van der Waals surface area contributed by atoms with Crippen LogP contribution in [0.5, 0.6) is 0 Å². The van der Waals surface area contributed by atoms with Crippen LogP contribution in [0.2, 0.25) is 0 Å². The molecule has 0 saturated heterocycles. The van der Waals surface area contributed by atoms with E-state index in [2.05, 4.69) is 31.3 Å². The van der Waals surface area contributed by atoms with Gasteiger partial charge in [0, 0.05) is 6.42 Å². The van der Waals surface area contributed by atoms with E-state index in [-0.39, 0.29) is 19.1 Å². The SMILES string of the molecule is CCCCCCCC/C=C/C(O)C(COP(=O)([O-])OCC[N+](C)(C)C)NC(=O)CCCCCCCCCCC/C=C\CCCCCCCCCC. The molecule has 0 aliphatic heterocycles. The summed E-state index contributed by atoms with van der Waals surface area (Å²) in [5.41, 5.74) is 0. The van der Waals surface area contributed by atoms with Crippen LogP contribution in [-0.2, 0) is 18.4 Å². The Labute approximate surface area is 315 Å². The molecule has 9 heteroatoms. The summed E-state index contributed by atoms with van der Waals surface area (Å²) in [6, 6.07) is -0.882. The number of phosphoric ester groups is 1. The van der Waals surface area contributed by atoms with Gasteiger partial charge in [-0.3, -0.25) is 9.36 Å². The lowest BCUT2D eigenvalue weighted by molar-refractivity contribution is -0.870. The number of nitrogens with zero attached hydrogens (tertiary/aromatic N) is 1. The molecule has 0 aromatic rings. The molecule has 0 bridgehead atoms. The zero-order chi connectivity index (χ0) is 37.9. The van der Waals surface area contributed by atoms with Gasteiger partial charge in [-0.05, 0) is 44.9 Å². The minimum Gasteiger partial charge on any atom is -0.756 e. The number of quaternary nitrogens is 1. The van der Waals surface area contributed by atoms with Crippen molar-refractivity contribution in [1.82, 2.24) is 5.32 Å². The maximum absolute atomic E-state index is 12.8. The molecule has 8 nitrogen and oxygen atoms in total. The van der Waals surface area contributed by atoms with Crippen molar-refractivity contribution in [2.45, 2.75) is 199 Å². The molecule has 0 aromatic heterocycles. The third-order valence-electron chi connectivity index (χ3n) is 9.41. The van der Waals surface area contributed by atoms with E-state index in [9.17, 15) is 19.4 Å². The van der Waals surface area contributed by atoms with Gasteiger partial charge in [0.25, 0.3) is 7.82 Å². The molecule has 0 radical (unpaired) electrons. The number of carbonyl (C=O) groups is 1. The van der Waals surface area contributed by atoms with Crippen LogP contribution >= 0.6 is 7.82 Å². The third-order valence-corrected chi connectivity index (χ3v) is 10.4. The van der Waals surface area contributed by atoms with Crippen LogP contribution in [0, 0.1) is 0 Å². The van der Waals surface area contributed by atoms with E-state index in [4.69, 9.17) is 9.05 Å². The number of hydrogen-bond donors (Lipinski definition) is 2. The normalized spacial score (nSPS) is 14.7. The summed E-state index contributed by atoms with van der Waals surface area (Å²) in [7, 11) is 1.26. The zero-order valence-electron chi connectivity index (χ0n) is 34.1. The first kappa shape index (κ1) is 50.0. The highest BCUT2D eigenvalue weighted by Crippen LogP contribution is 2.38. The van der Waals surface area contributed by atoms with Crippen molar-refractivity contribution in [1.29, 1.82) is 0 Å². The summed E-state index contributed by atoms with van der Waals surface area (Å²) in [6.07, 6.45) is 39.5. The van der Waals surface area contributed by atoms with E-state index < -0.39 is 20.0 Å². The van der Waals surface area contributed by atoms with Gasteiger partial charge in [0.05, 0.1) is 39.9 Å². The Hall–Kier alpha value is -1.02. The van der Waals surface area contributed by atoms with Gasteiger partial charge in [-0.25, -0.2) is 0 Å². The molecule has 0 saturated carbocycles. The van der Waals surface area contributed by atoms with E-state index in [1.165, 1.54) is 128 Å². The van der Waals surface area contributed by atoms with Crippen molar-refractivity contribution < 1.29 is 32.9 Å². The third kappa shape index (κ3) is 37.1. The molecule has 0 spiro atoms. The number of amides is 1. The Morgan fingerprint density at radius 1 is 0.667 bits per heavy atom. The summed E-state index contributed by atoms with van der Waals surface area (Å²) in [5.74, 6) is -0.203. The number of nitrogens with one attached hydrogen (secondary N) is 1. The second kappa shape index (κ2) is 34.7. The molecule has 302 valence electrons. The van der Waals surface area contributed by atoms with Gasteiger partial charge in [-0.15, -0.1) is 0 Å². The minimum absolute atomic E-state index is 0.000904. The van der Waals surface area contributed by atoms with Crippen LogP contribution < -0.4 is 10.2 Å². The van der Waals surface area contributed by atoms with Gasteiger partial charge in [-0.1, -0.05) is 160 Å². The lowest BCUT2D eigenvalue weighted by Gasteiger charge is -2.29. The summed E-state index contributed by atoms with van der Waals surface area (Å²) in [4.78, 5) is 25.2. The van der Waals surface area contributed by atoms with Crippen LogP contribution in [0.4, 0.5) is 0 Å². The van der Waals surface area contributed by atoms with Crippen molar-refractivity contribution >= 4 is 13.7 Å². The second-order valence-corrected chi connectivity index (χ2v) is 17.1. The summed E-state index contributed by atoms with van der Waals surface area (Å²) < 4.78 is 23.1. The van der Waals surface area contributed by atoms with Crippen LogP contribution in [0.25, 0.3) is 0 Å². The Kier molecular flexibility index (Phi) is 34.0. The van der Waals surface area contributed by atoms with Crippen molar-refractivity contribution in [3.8, 4) is 0 Å². The molecule has 3 atom stereocenters. The van der Waals surface area contributed by atoms with Gasteiger partial charge in [0.1, 0.15) is 13.2 Å². The van der Waals surface area contributed by atoms with E-state index in [0.29, 0.717) is 17.4 Å². The lowest BCUT2D eigenvalue weighted by atomic mass is 10.0. The van der Waals surface area contributed by atoms with Crippen molar-refractivity contribution in [2.24, 2.45) is 0 Å². The highest BCUT2D eigenvalue weighted by atomic mass is 31.2. The van der Waals surface area contributed by atoms with Crippen molar-refractivity contribution in [3.63, 3.8) is 0 Å². The van der Waals surface area contributed by atoms with E-state index in [1.807, 2.05) is 27.2 Å². The van der Waals surface area contributed by atoms with Crippen LogP contribution in [0.3, 0.4) is 0 Å². The van der Waals surface area contributed by atoms with Crippen LogP contribution in [0.1, 0.15) is 187 Å². The average molecular weight is 743 g/mol. The summed E-state index contributed by atoms with van der Waals surface area (Å²) in [5, 5.41) is 13.7. The molecule has 1 amide bonds. The molecular weight excluding hydrogens is 659 g/mol. The van der Waals surface area contributed by atoms with E-state index >= 15 is 0 Å². The molecule has 0 aliphatic rings. The molecule has 0 fully saturated rings. The summed E-state index contributed by atoms with van der Waals surface area (Å²) >= 11 is 0. The monoisotopic (exact) mass is 743 g/mol. The fourth-order valence-electron chi connectivity index (χ4n) is 5.97. The van der Waals surface area contributed by atoms with Gasteiger partial charge >= 0.3 is 0 Å². The number of allylic oxidation sites excluding steroid dienone is 3. The zero-order valence-corrected chi connectivity index (χ0v) is 35.0. The average Bonchev–Trinajstić information content (AvgIpc) is 3.07. The first-order valence-corrected chi connectivity index (χ1v) is 22.7. The molecule has 0 rings (SSSR count). The van der Waals surface area contributed by atoms with Crippen molar-refractivity contribution in [2.75, 3.05) is 40.9 Å². The van der Waals surface area contributed by atoms with Crippen molar-refractivity contribution in [3.05, 3.63) is 24.3 Å². The highest BCUT2D eigenvalue weighted by molar-refractivity contribution is 7.45. The van der Waals surface area contributed by atoms with E-state index in [1.54, 1.807) is 6.08 Å². The van der Waals surface area contributed by atoms with Crippen LogP contribution in [0.15, 0.2) is 24.3 Å². The Morgan fingerprint density at radius 2 is 1.08 bits per heavy atom. The quantitative estimate of drug-likeness (QED) is 0.0282. The Balaban J connectivity index is 4.24. The molecule has 2 N–H and O–H groups in total. The predicted molar refractivity (Wildman–Crippen MR) is 215 cm³/mol. The fourth-order valence-corrected chi connectivity index (χ4v) is 6.69. The Morgan fingerprint density at radius 3 is 1.53 bits per heavy atom. The smallest absolute Gasteiger partial charge is 0.268 e. The number of phosphoric acid groups is 1. The van der Waals surface area contributed by atoms with Gasteiger partial charge in [-0.2, -0.15) is 0 Å². The molecule has 51 heavy (non-hydrogen) atoms. The largest absolute Gasteiger partial charge is 0.756 e. The lowest BCUT2D eigenvalue weighted by Crippen LogP contribution is -2.45. The first-order chi connectivity index (χ1) is 24.5. The number of aliphatic hydroxyl groups is 1. The summed E-state index contributed by atoms with van der Waals surface area (Å²) in [6.45, 7) is 4.59. The molecule has 3 unspecified atom stereocenters. The highest BCUT2D eigenvalue weighted by Gasteiger charge is 2.23. The van der Waals surface area contributed by atoms with Gasteiger partial charge < -0.3 is 28.8 Å². The van der Waals surface area contributed by atoms with Gasteiger partial charge in [0.15, 0.2) is 0 Å². The number of unbranched alkanes of at least 4 members (excludes halogenated alkanes) is 23. The number of carbonyl (C=O) groups excluding carboxylic acids is 1. The maximum atomic E-state index is 12.8. The number of hydrogen-bond acceptors (Lipinski definition) is 6. The topological polar surface area (TPSA) is 108 Å². The number of aliphatic hydroxyl groups excluding tert-OH is 1. The Bertz CT molecular complexity index is 891. The maximum Gasteiger partial charge on any atom is 0.268 e. The standard InChI is InChI=1S/C42H83N2O6P/c1-6-8-10-12-14-16-17-18-19-20-21-22-23-24-25-26-27-28-30-32-34-36-42(46)43-40(39-50-51(47,48)49-38-37-44(3,4)5)41(45)35-33-31-29-15-13-11-9-7-2/h20-21,33,35,40-41,45H,6-19,22-32,34,36-39H2,1-5H3,(H-,43,46,47,48)/b21-20-,35-33+. The first-order valence-electron chi connectivity index (χ1n) is 21.2. The van der Waals surface area contributed by atoms with Gasteiger partial charge in [0.2, 0.25) is 5.91 Å². The predicted octanol–water partition coefficient (Wildman–Crippen LogP) is 10.7. The number of rotatable bonds is 38. The molecule has 0 aliphatic carbocycles. The van der Waals surface area contributed by atoms with Crippen LogP contribution in [-0.4, -0.2) is 68.5 Å². The fraction of sp³-hybridized carbons (Fsp3) is 0.881. The number of likely N-dealkylation sites (N-methyl/N-ethyl adjacent to an activating group) is 1. The second-order valence-electron chi connectivity index (χ2n) is 15.7. The van der Waals surface area contributed by atoms with E-state index in [0.717, 1.165) is 38.5 Å². The molecule has 0 aromatic carbocycles. The molecule has 0 heterocycles. The molecular formula is C42H83N2O6P.